The Balaban J connectivity index is 1.60. The lowest BCUT2D eigenvalue weighted by Gasteiger charge is -2.32. The molecule has 2 aromatic rings. The molecular formula is C19H22FN3O. The largest absolute Gasteiger partial charge is 0.342 e. The van der Waals surface area contributed by atoms with Crippen molar-refractivity contribution in [1.29, 1.82) is 0 Å². The van der Waals surface area contributed by atoms with E-state index in [1.807, 2.05) is 17.9 Å². The van der Waals surface area contributed by atoms with Gasteiger partial charge < -0.3 is 4.90 Å². The minimum absolute atomic E-state index is 0.0914. The third-order valence-corrected chi connectivity index (χ3v) is 4.56. The molecule has 3 rings (SSSR count). The van der Waals surface area contributed by atoms with Crippen molar-refractivity contribution in [3.8, 4) is 0 Å². The first-order chi connectivity index (χ1) is 11.6. The van der Waals surface area contributed by atoms with Crippen molar-refractivity contribution < 1.29 is 9.18 Å². The molecule has 1 fully saturated rings. The Morgan fingerprint density at radius 3 is 2.96 bits per heavy atom. The van der Waals surface area contributed by atoms with Crippen molar-refractivity contribution in [3.63, 3.8) is 0 Å². The Morgan fingerprint density at radius 1 is 1.33 bits per heavy atom. The van der Waals surface area contributed by atoms with Gasteiger partial charge in [0.05, 0.1) is 0 Å². The van der Waals surface area contributed by atoms with Crippen LogP contribution in [0.3, 0.4) is 0 Å². The van der Waals surface area contributed by atoms with Gasteiger partial charge in [0.1, 0.15) is 11.6 Å². The molecular weight excluding hydrogens is 305 g/mol. The lowest BCUT2D eigenvalue weighted by atomic mass is 9.94. The molecule has 0 unspecified atom stereocenters. The van der Waals surface area contributed by atoms with Gasteiger partial charge in [-0.3, -0.25) is 4.79 Å². The van der Waals surface area contributed by atoms with Gasteiger partial charge in [-0.15, -0.1) is 0 Å². The molecule has 4 nitrogen and oxygen atoms in total. The van der Waals surface area contributed by atoms with Crippen LogP contribution in [-0.2, 0) is 11.2 Å². The minimum Gasteiger partial charge on any atom is -0.342 e. The van der Waals surface area contributed by atoms with Crippen LogP contribution >= 0.6 is 0 Å². The first kappa shape index (κ1) is 16.6. The van der Waals surface area contributed by atoms with Crippen molar-refractivity contribution >= 4 is 5.91 Å². The molecule has 1 aliphatic heterocycles. The van der Waals surface area contributed by atoms with Crippen LogP contribution in [0.1, 0.15) is 42.3 Å². The highest BCUT2D eigenvalue weighted by molar-refractivity contribution is 5.76. The molecule has 0 saturated carbocycles. The molecule has 0 aliphatic carbocycles. The number of aryl methyl sites for hydroxylation is 2. The quantitative estimate of drug-likeness (QED) is 0.866. The monoisotopic (exact) mass is 327 g/mol. The average Bonchev–Trinajstić information content (AvgIpc) is 2.61. The highest BCUT2D eigenvalue weighted by Gasteiger charge is 2.25. The maximum atomic E-state index is 13.7. The number of hydrogen-bond acceptors (Lipinski definition) is 3. The lowest BCUT2D eigenvalue weighted by Crippen LogP contribution is -2.39. The van der Waals surface area contributed by atoms with Gasteiger partial charge in [0.15, 0.2) is 0 Å². The van der Waals surface area contributed by atoms with Crippen LogP contribution in [0.4, 0.5) is 4.39 Å². The molecule has 1 atom stereocenters. The molecule has 1 saturated heterocycles. The van der Waals surface area contributed by atoms with Gasteiger partial charge in [-0.25, -0.2) is 14.4 Å². The van der Waals surface area contributed by atoms with Crippen molar-refractivity contribution in [1.82, 2.24) is 14.9 Å². The summed E-state index contributed by atoms with van der Waals surface area (Å²) in [5.74, 6) is 0.875. The number of benzene rings is 1. The number of piperidine rings is 1. The predicted octanol–water partition coefficient (Wildman–Crippen LogP) is 3.26. The Kier molecular flexibility index (Phi) is 5.18. The van der Waals surface area contributed by atoms with Crippen molar-refractivity contribution in [2.24, 2.45) is 0 Å². The molecule has 1 aliphatic rings. The zero-order valence-electron chi connectivity index (χ0n) is 13.9. The SMILES string of the molecule is Cc1nccc([C@@H]2CCCN(C(=O)CCc3ccccc3F)C2)n1. The number of carbonyl (C=O) groups excluding carboxylic acids is 1. The second-order valence-corrected chi connectivity index (χ2v) is 6.30. The van der Waals surface area contributed by atoms with Gasteiger partial charge in [0, 0.05) is 37.3 Å². The van der Waals surface area contributed by atoms with E-state index in [2.05, 4.69) is 9.97 Å². The van der Waals surface area contributed by atoms with Crippen LogP contribution in [0.5, 0.6) is 0 Å². The summed E-state index contributed by atoms with van der Waals surface area (Å²) in [6.45, 7) is 3.34. The number of halogens is 1. The van der Waals surface area contributed by atoms with E-state index >= 15 is 0 Å². The number of aromatic nitrogens is 2. The third kappa shape index (κ3) is 3.96. The maximum absolute atomic E-state index is 13.7. The zero-order chi connectivity index (χ0) is 16.9. The lowest BCUT2D eigenvalue weighted by molar-refractivity contribution is -0.132. The van der Waals surface area contributed by atoms with Crippen LogP contribution in [-0.4, -0.2) is 33.9 Å². The van der Waals surface area contributed by atoms with Crippen LogP contribution in [0, 0.1) is 12.7 Å². The van der Waals surface area contributed by atoms with E-state index in [4.69, 9.17) is 0 Å². The number of hydrogen-bond donors (Lipinski definition) is 0. The molecule has 0 spiro atoms. The maximum Gasteiger partial charge on any atom is 0.222 e. The fourth-order valence-electron chi connectivity index (χ4n) is 3.25. The summed E-state index contributed by atoms with van der Waals surface area (Å²) in [5.41, 5.74) is 1.61. The summed E-state index contributed by atoms with van der Waals surface area (Å²) in [5, 5.41) is 0. The second kappa shape index (κ2) is 7.51. The summed E-state index contributed by atoms with van der Waals surface area (Å²) >= 11 is 0. The van der Waals surface area contributed by atoms with Gasteiger partial charge in [-0.2, -0.15) is 0 Å². The van der Waals surface area contributed by atoms with E-state index in [0.717, 1.165) is 30.9 Å². The van der Waals surface area contributed by atoms with Gasteiger partial charge in [0.2, 0.25) is 5.91 Å². The second-order valence-electron chi connectivity index (χ2n) is 6.30. The van der Waals surface area contributed by atoms with Crippen LogP contribution in [0.15, 0.2) is 36.5 Å². The number of nitrogens with zero attached hydrogens (tertiary/aromatic N) is 3. The molecule has 2 heterocycles. The fraction of sp³-hybridized carbons (Fsp3) is 0.421. The molecule has 24 heavy (non-hydrogen) atoms. The Labute approximate surface area is 141 Å². The Bertz CT molecular complexity index is 719. The Hall–Kier alpha value is -2.30. The molecule has 0 bridgehead atoms. The van der Waals surface area contributed by atoms with Gasteiger partial charge in [-0.05, 0) is 43.9 Å². The summed E-state index contributed by atoms with van der Waals surface area (Å²) in [6, 6.07) is 8.58. The molecule has 1 aromatic heterocycles. The highest BCUT2D eigenvalue weighted by Crippen LogP contribution is 2.26. The van der Waals surface area contributed by atoms with E-state index in [1.165, 1.54) is 6.07 Å². The van der Waals surface area contributed by atoms with Crippen LogP contribution in [0.25, 0.3) is 0 Å². The number of amides is 1. The Morgan fingerprint density at radius 2 is 2.17 bits per heavy atom. The number of carbonyl (C=O) groups is 1. The van der Waals surface area contributed by atoms with E-state index in [0.29, 0.717) is 24.9 Å². The van der Waals surface area contributed by atoms with Gasteiger partial charge in [0.25, 0.3) is 0 Å². The first-order valence-electron chi connectivity index (χ1n) is 8.44. The van der Waals surface area contributed by atoms with Crippen molar-refractivity contribution in [2.45, 2.75) is 38.5 Å². The molecule has 1 amide bonds. The molecule has 0 radical (unpaired) electrons. The fourth-order valence-corrected chi connectivity index (χ4v) is 3.25. The summed E-state index contributed by atoms with van der Waals surface area (Å²) in [7, 11) is 0. The van der Waals surface area contributed by atoms with E-state index in [1.54, 1.807) is 24.4 Å². The van der Waals surface area contributed by atoms with E-state index in [-0.39, 0.29) is 17.6 Å². The van der Waals surface area contributed by atoms with Gasteiger partial charge in [-0.1, -0.05) is 18.2 Å². The smallest absolute Gasteiger partial charge is 0.222 e. The van der Waals surface area contributed by atoms with Gasteiger partial charge >= 0.3 is 0 Å². The van der Waals surface area contributed by atoms with Crippen molar-refractivity contribution in [2.75, 3.05) is 13.1 Å². The van der Waals surface area contributed by atoms with Crippen LogP contribution < -0.4 is 0 Å². The van der Waals surface area contributed by atoms with E-state index < -0.39 is 0 Å². The molecule has 5 heteroatoms. The number of rotatable bonds is 4. The van der Waals surface area contributed by atoms with E-state index in [9.17, 15) is 9.18 Å². The minimum atomic E-state index is -0.238. The third-order valence-electron chi connectivity index (χ3n) is 4.56. The average molecular weight is 327 g/mol. The molecule has 0 N–H and O–H groups in total. The normalized spacial score (nSPS) is 17.8. The number of likely N-dealkylation sites (tertiary alicyclic amines) is 1. The summed E-state index contributed by atoms with van der Waals surface area (Å²) in [4.78, 5) is 23.0. The summed E-state index contributed by atoms with van der Waals surface area (Å²) in [6.07, 6.45) is 4.57. The van der Waals surface area contributed by atoms with Crippen molar-refractivity contribution in [3.05, 3.63) is 59.4 Å². The summed E-state index contributed by atoms with van der Waals surface area (Å²) < 4.78 is 13.7. The highest BCUT2D eigenvalue weighted by atomic mass is 19.1. The molecule has 1 aromatic carbocycles. The van der Waals surface area contributed by atoms with Crippen LogP contribution in [0.2, 0.25) is 0 Å². The standard InChI is InChI=1S/C19H22FN3O/c1-14-21-11-10-18(22-14)16-6-4-12-23(13-16)19(24)9-8-15-5-2-3-7-17(15)20/h2-3,5,7,10-11,16H,4,6,8-9,12-13H2,1H3/t16-/m1/s1. The molecule has 126 valence electrons. The zero-order valence-corrected chi connectivity index (χ0v) is 13.9. The first-order valence-corrected chi connectivity index (χ1v) is 8.44. The predicted molar refractivity (Wildman–Crippen MR) is 90.0 cm³/mol. The topological polar surface area (TPSA) is 46.1 Å².